The fourth-order valence-electron chi connectivity index (χ4n) is 14.1. The van der Waals surface area contributed by atoms with E-state index in [1.54, 1.807) is 0 Å². The fraction of sp³-hybridized carbons (Fsp3) is 0.500. The first-order chi connectivity index (χ1) is 40.0. The van der Waals surface area contributed by atoms with Gasteiger partial charge in [-0.3, -0.25) is 0 Å². The van der Waals surface area contributed by atoms with Crippen LogP contribution in [0.5, 0.6) is 0 Å². The average molecular weight is 1170 g/mol. The standard InChI is InChI=1S/C40H56O4.C40H56O2/c1-29(17-13-19-31(3)21-23-39-35(5,6)25-33(41)27-37(39,9)43-39)15-11-12-16-30(2)18-14-20-32(4)22-24-40-36(7,8)26-34(42)28-38(40,10)44-40;1-29(17-13-19-31(3)21-23-37-33(5)25-35(41)27-39(37,7)8)15-11-12-16-30(2)18-14-20-32(4)22-24-38-34(6)26-36(42)28-40(38,9)10/h11-24,33-34,41-42H,25-28H2,1-10H3;11-25,35-37,41-42H,26-28H2,1-10H3/b2*12-11+,17-13+,18-14+,23-21+,24-22+,29-15+,30-16+,31-19+,32-20+/t33-,34-,37+,38+,39-,40-;35-,36+,37-/m00/s1. The van der Waals surface area contributed by atoms with Gasteiger partial charge >= 0.3 is 0 Å². The van der Waals surface area contributed by atoms with Crippen molar-refractivity contribution in [2.75, 3.05) is 0 Å². The molecule has 0 aromatic carbocycles. The fourth-order valence-corrected chi connectivity index (χ4v) is 14.1. The van der Waals surface area contributed by atoms with Crippen molar-refractivity contribution in [2.45, 2.75) is 230 Å². The SMILES string of the molecule is CC(/C=C/C=C(C)/C=C/[C@@]12O[C@]1(C)C[C@@H](O)CC2(C)C)=C\C=C\C=C(C)\C=C\C=C(C)\C=C\[C@@]12O[C@]1(C)C[C@@H](O)CC2(C)C.CC1=C[C@H](O)CC(C)(C)[C@H]1/C=C/C(C)=C/C=C/C(C)=C/C=C/C=C(C)/C=C/C=C(C)/C=C/C1=C(C)C[C@@H](O)CC1(C)C. The van der Waals surface area contributed by atoms with Crippen molar-refractivity contribution in [2.24, 2.45) is 27.6 Å². The maximum absolute atomic E-state index is 10.3. The highest BCUT2D eigenvalue weighted by atomic mass is 16.6. The largest absolute Gasteiger partial charge is 0.393 e. The number of aliphatic hydroxyl groups is 4. The van der Waals surface area contributed by atoms with Crippen LogP contribution < -0.4 is 0 Å². The van der Waals surface area contributed by atoms with Gasteiger partial charge in [-0.1, -0.05) is 275 Å². The Bertz CT molecular complexity index is 2960. The summed E-state index contributed by atoms with van der Waals surface area (Å²) in [6.45, 7) is 43.1. The number of allylic oxidation sites excluding steroid dienone is 36. The van der Waals surface area contributed by atoms with Gasteiger partial charge in [-0.25, -0.2) is 0 Å². The summed E-state index contributed by atoms with van der Waals surface area (Å²) >= 11 is 0. The molecule has 0 amide bonds. The summed E-state index contributed by atoms with van der Waals surface area (Å²) in [6.07, 6.45) is 65.8. The van der Waals surface area contributed by atoms with E-state index in [2.05, 4.69) is 309 Å². The van der Waals surface area contributed by atoms with Crippen molar-refractivity contribution in [1.29, 1.82) is 0 Å². The lowest BCUT2D eigenvalue weighted by Crippen LogP contribution is -2.46. The van der Waals surface area contributed by atoms with Crippen LogP contribution >= 0.6 is 0 Å². The second-order valence-electron chi connectivity index (χ2n) is 29.2. The van der Waals surface area contributed by atoms with Crippen LogP contribution in [-0.2, 0) is 9.47 Å². The summed E-state index contributed by atoms with van der Waals surface area (Å²) in [7, 11) is 0. The topological polar surface area (TPSA) is 106 Å². The molecule has 0 unspecified atom stereocenters. The minimum atomic E-state index is -0.331. The predicted octanol–water partition coefficient (Wildman–Crippen LogP) is 19.4. The molecule has 4 aliphatic carbocycles. The highest BCUT2D eigenvalue weighted by Gasteiger charge is 2.75. The summed E-state index contributed by atoms with van der Waals surface area (Å²) in [5.74, 6) is 0.348. The van der Waals surface area contributed by atoms with Crippen LogP contribution in [0.3, 0.4) is 0 Å². The van der Waals surface area contributed by atoms with Crippen molar-refractivity contribution >= 4 is 0 Å². The zero-order valence-corrected chi connectivity index (χ0v) is 56.7. The Hall–Kier alpha value is -5.44. The van der Waals surface area contributed by atoms with E-state index in [1.807, 2.05) is 6.08 Å². The van der Waals surface area contributed by atoms with E-state index >= 15 is 0 Å². The molecule has 4 fully saturated rings. The Morgan fingerprint density at radius 3 is 1.13 bits per heavy atom. The van der Waals surface area contributed by atoms with Gasteiger partial charge in [0.25, 0.3) is 0 Å². The minimum absolute atomic E-state index is 0.00528. The molecule has 2 saturated heterocycles. The molecule has 4 N–H and O–H groups in total. The second-order valence-corrected chi connectivity index (χ2v) is 29.2. The van der Waals surface area contributed by atoms with Crippen LogP contribution in [0.15, 0.2) is 238 Å². The second kappa shape index (κ2) is 29.7. The predicted molar refractivity (Wildman–Crippen MR) is 367 cm³/mol. The monoisotopic (exact) mass is 1170 g/mol. The maximum atomic E-state index is 10.3. The van der Waals surface area contributed by atoms with Gasteiger partial charge in [0.05, 0.1) is 24.4 Å². The molecule has 2 saturated carbocycles. The number of ether oxygens (including phenoxy) is 2. The van der Waals surface area contributed by atoms with Crippen LogP contribution in [0, 0.1) is 27.6 Å². The molecule has 9 atom stereocenters. The van der Waals surface area contributed by atoms with E-state index in [1.165, 1.54) is 61.3 Å². The smallest absolute Gasteiger partial charge is 0.121 e. The molecule has 86 heavy (non-hydrogen) atoms. The number of aliphatic hydroxyl groups excluding tert-OH is 4. The molecule has 6 aliphatic rings. The number of hydrogen-bond donors (Lipinski definition) is 4. The molecule has 6 rings (SSSR count). The summed E-state index contributed by atoms with van der Waals surface area (Å²) in [4.78, 5) is 0. The Kier molecular flexibility index (Phi) is 24.6. The van der Waals surface area contributed by atoms with Gasteiger partial charge in [0.1, 0.15) is 22.4 Å². The molecule has 0 spiro atoms. The zero-order chi connectivity index (χ0) is 64.1. The molecule has 0 bridgehead atoms. The summed E-state index contributed by atoms with van der Waals surface area (Å²) in [5, 5.41) is 40.7. The van der Waals surface area contributed by atoms with E-state index in [4.69, 9.17) is 9.47 Å². The number of rotatable bonds is 20. The molecule has 6 nitrogen and oxygen atoms in total. The summed E-state index contributed by atoms with van der Waals surface area (Å²) in [6, 6.07) is 0. The van der Waals surface area contributed by atoms with Crippen LogP contribution in [0.1, 0.15) is 183 Å². The molecule has 6 heteroatoms. The van der Waals surface area contributed by atoms with Crippen LogP contribution in [0.2, 0.25) is 0 Å². The van der Waals surface area contributed by atoms with Crippen LogP contribution in [-0.4, -0.2) is 67.2 Å². The van der Waals surface area contributed by atoms with E-state index in [-0.39, 0.29) is 68.5 Å². The van der Waals surface area contributed by atoms with Crippen molar-refractivity contribution < 1.29 is 29.9 Å². The highest BCUT2D eigenvalue weighted by molar-refractivity contribution is 5.41. The van der Waals surface area contributed by atoms with Gasteiger partial charge in [0.2, 0.25) is 0 Å². The van der Waals surface area contributed by atoms with Crippen molar-refractivity contribution in [3.8, 4) is 0 Å². The lowest BCUT2D eigenvalue weighted by Gasteiger charge is -2.39. The van der Waals surface area contributed by atoms with E-state index < -0.39 is 0 Å². The van der Waals surface area contributed by atoms with Gasteiger partial charge in [-0.2, -0.15) is 0 Å². The molecule has 2 heterocycles. The van der Waals surface area contributed by atoms with Gasteiger partial charge in [0.15, 0.2) is 0 Å². The molecular weight excluding hydrogens is 1060 g/mol. The first-order valence-corrected chi connectivity index (χ1v) is 31.7. The first-order valence-electron chi connectivity index (χ1n) is 31.7. The average Bonchev–Trinajstić information content (AvgIpc) is 1.52. The van der Waals surface area contributed by atoms with E-state index in [9.17, 15) is 20.4 Å². The third-order valence-corrected chi connectivity index (χ3v) is 18.8. The lowest BCUT2D eigenvalue weighted by atomic mass is 9.63. The molecule has 468 valence electrons. The molecule has 0 aromatic rings. The Labute approximate surface area is 522 Å². The van der Waals surface area contributed by atoms with Crippen LogP contribution in [0.25, 0.3) is 0 Å². The summed E-state index contributed by atoms with van der Waals surface area (Å²) < 4.78 is 12.5. The summed E-state index contributed by atoms with van der Waals surface area (Å²) in [5.41, 5.74) is 12.1. The third-order valence-electron chi connectivity index (χ3n) is 18.8. The van der Waals surface area contributed by atoms with E-state index in [0.29, 0.717) is 18.8 Å². The Morgan fingerprint density at radius 2 is 0.767 bits per heavy atom. The maximum Gasteiger partial charge on any atom is 0.121 e. The lowest BCUT2D eigenvalue weighted by molar-refractivity contribution is 0.0510. The quantitative estimate of drug-likeness (QED) is 0.0550. The Morgan fingerprint density at radius 1 is 0.419 bits per heavy atom. The molecular formula is C80H112O6. The van der Waals surface area contributed by atoms with Crippen molar-refractivity contribution in [1.82, 2.24) is 0 Å². The Balaban J connectivity index is 0.000000314. The molecule has 0 radical (unpaired) electrons. The number of epoxide rings is 2. The van der Waals surface area contributed by atoms with E-state index in [0.717, 1.165) is 32.1 Å². The third kappa shape index (κ3) is 19.3. The highest BCUT2D eigenvalue weighted by Crippen LogP contribution is 2.67. The van der Waals surface area contributed by atoms with Gasteiger partial charge in [-0.15, -0.1) is 0 Å². The number of hydrogen-bond acceptors (Lipinski definition) is 6. The van der Waals surface area contributed by atoms with Crippen molar-refractivity contribution in [3.63, 3.8) is 0 Å². The number of fused-ring (bicyclic) bond motifs is 2. The van der Waals surface area contributed by atoms with Gasteiger partial charge in [0, 0.05) is 29.6 Å². The van der Waals surface area contributed by atoms with Crippen molar-refractivity contribution in [3.05, 3.63) is 238 Å². The normalized spacial score (nSPS) is 33.0. The minimum Gasteiger partial charge on any atom is -0.393 e. The van der Waals surface area contributed by atoms with Crippen LogP contribution in [0.4, 0.5) is 0 Å². The first kappa shape index (κ1) is 71.3. The van der Waals surface area contributed by atoms with Gasteiger partial charge in [-0.05, 0) is 144 Å². The van der Waals surface area contributed by atoms with Gasteiger partial charge < -0.3 is 29.9 Å². The molecule has 0 aromatic heterocycles. The zero-order valence-electron chi connectivity index (χ0n) is 56.7. The molecule has 2 aliphatic heterocycles.